The van der Waals surface area contributed by atoms with Crippen LogP contribution < -0.4 is 10.1 Å². The molecule has 21 heavy (non-hydrogen) atoms. The van der Waals surface area contributed by atoms with Crippen molar-refractivity contribution >= 4 is 18.0 Å². The molecule has 1 amide bonds. The zero-order valence-corrected chi connectivity index (χ0v) is 12.6. The first-order chi connectivity index (χ1) is 10.0. The van der Waals surface area contributed by atoms with E-state index in [0.717, 1.165) is 5.56 Å². The second-order valence-electron chi connectivity index (χ2n) is 4.63. The Bertz CT molecular complexity index is 509. The van der Waals surface area contributed by atoms with E-state index in [-0.39, 0.29) is 18.6 Å². The predicted molar refractivity (Wildman–Crippen MR) is 80.9 cm³/mol. The SMILES string of the molecule is CCOc1ccccc1/C=C/C(=O)OCC(=O)NC(C)C. The van der Waals surface area contributed by atoms with Crippen molar-refractivity contribution in [1.29, 1.82) is 0 Å². The summed E-state index contributed by atoms with van der Waals surface area (Å²) in [5, 5.41) is 2.64. The van der Waals surface area contributed by atoms with Crippen molar-refractivity contribution in [2.24, 2.45) is 0 Å². The Morgan fingerprint density at radius 1 is 1.29 bits per heavy atom. The van der Waals surface area contributed by atoms with Gasteiger partial charge in [0.25, 0.3) is 5.91 Å². The third-order valence-electron chi connectivity index (χ3n) is 2.41. The molecule has 0 saturated carbocycles. The van der Waals surface area contributed by atoms with Gasteiger partial charge in [-0.2, -0.15) is 0 Å². The molecule has 5 heteroatoms. The van der Waals surface area contributed by atoms with Gasteiger partial charge in [-0.25, -0.2) is 4.79 Å². The second kappa shape index (κ2) is 8.79. The highest BCUT2D eigenvalue weighted by Crippen LogP contribution is 2.19. The lowest BCUT2D eigenvalue weighted by Gasteiger charge is -2.08. The van der Waals surface area contributed by atoms with Gasteiger partial charge in [0.1, 0.15) is 5.75 Å². The highest BCUT2D eigenvalue weighted by molar-refractivity contribution is 5.89. The van der Waals surface area contributed by atoms with Crippen LogP contribution in [0.15, 0.2) is 30.3 Å². The van der Waals surface area contributed by atoms with Gasteiger partial charge in [-0.05, 0) is 32.9 Å². The van der Waals surface area contributed by atoms with Gasteiger partial charge >= 0.3 is 5.97 Å². The van der Waals surface area contributed by atoms with E-state index in [9.17, 15) is 9.59 Å². The third kappa shape index (κ3) is 6.61. The number of rotatable bonds is 7. The number of esters is 1. The molecule has 0 bridgehead atoms. The van der Waals surface area contributed by atoms with Crippen LogP contribution in [0.4, 0.5) is 0 Å². The molecular formula is C16H21NO4. The summed E-state index contributed by atoms with van der Waals surface area (Å²) >= 11 is 0. The number of benzene rings is 1. The van der Waals surface area contributed by atoms with Gasteiger partial charge in [0.2, 0.25) is 0 Å². The number of hydrogen-bond donors (Lipinski definition) is 1. The Hall–Kier alpha value is -2.30. The molecule has 0 radical (unpaired) electrons. The van der Waals surface area contributed by atoms with Crippen LogP contribution in [-0.4, -0.2) is 31.1 Å². The van der Waals surface area contributed by atoms with Gasteiger partial charge in [0.05, 0.1) is 6.61 Å². The molecule has 1 rings (SSSR count). The van der Waals surface area contributed by atoms with Crippen LogP contribution in [-0.2, 0) is 14.3 Å². The number of ether oxygens (including phenoxy) is 2. The van der Waals surface area contributed by atoms with Gasteiger partial charge in [-0.15, -0.1) is 0 Å². The summed E-state index contributed by atoms with van der Waals surface area (Å²) in [6.07, 6.45) is 2.88. The van der Waals surface area contributed by atoms with E-state index in [2.05, 4.69) is 5.32 Å². The molecule has 0 saturated heterocycles. The number of nitrogens with one attached hydrogen (secondary N) is 1. The van der Waals surface area contributed by atoms with Crippen LogP contribution in [0.3, 0.4) is 0 Å². The number of amides is 1. The van der Waals surface area contributed by atoms with Crippen molar-refractivity contribution in [3.63, 3.8) is 0 Å². The molecule has 0 aliphatic heterocycles. The molecule has 1 aromatic carbocycles. The van der Waals surface area contributed by atoms with Crippen molar-refractivity contribution in [2.45, 2.75) is 26.8 Å². The van der Waals surface area contributed by atoms with E-state index in [1.807, 2.05) is 45.0 Å². The molecule has 1 N–H and O–H groups in total. The van der Waals surface area contributed by atoms with Crippen LogP contribution in [0.25, 0.3) is 6.08 Å². The molecule has 1 aromatic rings. The minimum absolute atomic E-state index is 0.0183. The van der Waals surface area contributed by atoms with Crippen molar-refractivity contribution in [3.8, 4) is 5.75 Å². The van der Waals surface area contributed by atoms with Gasteiger partial charge in [-0.3, -0.25) is 4.79 Å². The smallest absolute Gasteiger partial charge is 0.331 e. The monoisotopic (exact) mass is 291 g/mol. The Kier molecular flexibility index (Phi) is 7.01. The van der Waals surface area contributed by atoms with Crippen LogP contribution in [0, 0.1) is 0 Å². The normalized spacial score (nSPS) is 10.7. The first-order valence-corrected chi connectivity index (χ1v) is 6.89. The summed E-state index contributed by atoms with van der Waals surface area (Å²) in [6, 6.07) is 7.38. The Labute approximate surface area is 124 Å². The molecule has 0 unspecified atom stereocenters. The highest BCUT2D eigenvalue weighted by Gasteiger charge is 2.06. The van der Waals surface area contributed by atoms with E-state index in [0.29, 0.717) is 12.4 Å². The lowest BCUT2D eigenvalue weighted by atomic mass is 10.2. The van der Waals surface area contributed by atoms with E-state index in [1.165, 1.54) is 6.08 Å². The second-order valence-corrected chi connectivity index (χ2v) is 4.63. The zero-order valence-electron chi connectivity index (χ0n) is 12.6. The number of carbonyl (C=O) groups is 2. The van der Waals surface area contributed by atoms with Gasteiger partial charge in [0, 0.05) is 17.7 Å². The molecule has 0 aliphatic carbocycles. The van der Waals surface area contributed by atoms with Crippen molar-refractivity contribution < 1.29 is 19.1 Å². The molecule has 0 fully saturated rings. The topological polar surface area (TPSA) is 64.6 Å². The summed E-state index contributed by atoms with van der Waals surface area (Å²) in [7, 11) is 0. The summed E-state index contributed by atoms with van der Waals surface area (Å²) in [6.45, 7) is 5.83. The fourth-order valence-corrected chi connectivity index (χ4v) is 1.61. The molecule has 0 aromatic heterocycles. The van der Waals surface area contributed by atoms with E-state index >= 15 is 0 Å². The molecule has 5 nitrogen and oxygen atoms in total. The maximum absolute atomic E-state index is 11.5. The lowest BCUT2D eigenvalue weighted by Crippen LogP contribution is -2.33. The zero-order chi connectivity index (χ0) is 15.7. The molecule has 0 atom stereocenters. The average molecular weight is 291 g/mol. The summed E-state index contributed by atoms with van der Waals surface area (Å²) < 4.78 is 10.3. The first kappa shape index (κ1) is 16.8. The summed E-state index contributed by atoms with van der Waals surface area (Å²) in [4.78, 5) is 22.9. The lowest BCUT2D eigenvalue weighted by molar-refractivity contribution is -0.143. The predicted octanol–water partition coefficient (Wildman–Crippen LogP) is 2.17. The molecule has 0 aliphatic rings. The fourth-order valence-electron chi connectivity index (χ4n) is 1.61. The Morgan fingerprint density at radius 3 is 2.67 bits per heavy atom. The van der Waals surface area contributed by atoms with E-state index < -0.39 is 5.97 Å². The maximum Gasteiger partial charge on any atom is 0.331 e. The van der Waals surface area contributed by atoms with Gasteiger partial charge in [-0.1, -0.05) is 18.2 Å². The number of carbonyl (C=O) groups excluding carboxylic acids is 2. The fraction of sp³-hybridized carbons (Fsp3) is 0.375. The highest BCUT2D eigenvalue weighted by atomic mass is 16.5. The largest absolute Gasteiger partial charge is 0.493 e. The molecular weight excluding hydrogens is 270 g/mol. The van der Waals surface area contributed by atoms with Crippen LogP contribution in [0.2, 0.25) is 0 Å². The maximum atomic E-state index is 11.5. The van der Waals surface area contributed by atoms with Gasteiger partial charge in [0.15, 0.2) is 6.61 Å². The van der Waals surface area contributed by atoms with Crippen LogP contribution >= 0.6 is 0 Å². The molecule has 0 heterocycles. The van der Waals surface area contributed by atoms with Crippen LogP contribution in [0.5, 0.6) is 5.75 Å². The molecule has 0 spiro atoms. The minimum atomic E-state index is -0.569. The van der Waals surface area contributed by atoms with Crippen molar-refractivity contribution in [2.75, 3.05) is 13.2 Å². The van der Waals surface area contributed by atoms with Crippen LogP contribution in [0.1, 0.15) is 26.3 Å². The quantitative estimate of drug-likeness (QED) is 0.617. The number of para-hydroxylation sites is 1. The number of hydrogen-bond acceptors (Lipinski definition) is 4. The average Bonchev–Trinajstić information content (AvgIpc) is 2.44. The minimum Gasteiger partial charge on any atom is -0.493 e. The van der Waals surface area contributed by atoms with Gasteiger partial charge < -0.3 is 14.8 Å². The Balaban J connectivity index is 2.52. The standard InChI is InChI=1S/C16H21NO4/c1-4-20-14-8-6-5-7-13(14)9-10-16(19)21-11-15(18)17-12(2)3/h5-10,12H,4,11H2,1-3H3,(H,17,18)/b10-9+. The van der Waals surface area contributed by atoms with Crippen molar-refractivity contribution in [3.05, 3.63) is 35.9 Å². The third-order valence-corrected chi connectivity index (χ3v) is 2.41. The molecule has 114 valence electrons. The summed E-state index contributed by atoms with van der Waals surface area (Å²) in [5.74, 6) is -0.191. The first-order valence-electron chi connectivity index (χ1n) is 6.89. The summed E-state index contributed by atoms with van der Waals surface area (Å²) in [5.41, 5.74) is 0.780. The van der Waals surface area contributed by atoms with E-state index in [1.54, 1.807) is 6.08 Å². The van der Waals surface area contributed by atoms with Crippen molar-refractivity contribution in [1.82, 2.24) is 5.32 Å². The Morgan fingerprint density at radius 2 is 2.00 bits per heavy atom. The van der Waals surface area contributed by atoms with E-state index in [4.69, 9.17) is 9.47 Å².